The van der Waals surface area contributed by atoms with Crippen LogP contribution in [0.4, 0.5) is 0 Å². The summed E-state index contributed by atoms with van der Waals surface area (Å²) in [5.41, 5.74) is 0. The fraction of sp³-hybridized carbons (Fsp3) is 0.571. The van der Waals surface area contributed by atoms with Crippen molar-refractivity contribution in [2.24, 2.45) is 0 Å². The summed E-state index contributed by atoms with van der Waals surface area (Å²) in [5, 5.41) is 20.5. The second-order valence-electron chi connectivity index (χ2n) is 2.29. The van der Waals surface area contributed by atoms with Gasteiger partial charge in [0.2, 0.25) is 5.16 Å². The number of allylic oxidation sites excluding steroid dienone is 1. The Bertz CT molecular complexity index is 273. The summed E-state index contributed by atoms with van der Waals surface area (Å²) in [4.78, 5) is 0. The number of hydrogen-bond acceptors (Lipinski definition) is 5. The van der Waals surface area contributed by atoms with Gasteiger partial charge in [0.25, 0.3) is 0 Å². The zero-order valence-corrected chi connectivity index (χ0v) is 8.24. The molecule has 13 heavy (non-hydrogen) atoms. The molecule has 0 aliphatic rings. The SMILES string of the molecule is CC=CCSc1nnnn1CCO. The van der Waals surface area contributed by atoms with Crippen LogP contribution in [0.1, 0.15) is 6.92 Å². The van der Waals surface area contributed by atoms with Gasteiger partial charge in [-0.15, -0.1) is 5.10 Å². The Kier molecular flexibility index (Phi) is 4.48. The summed E-state index contributed by atoms with van der Waals surface area (Å²) in [6.07, 6.45) is 4.01. The van der Waals surface area contributed by atoms with E-state index in [1.807, 2.05) is 19.1 Å². The first-order chi connectivity index (χ1) is 6.38. The highest BCUT2D eigenvalue weighted by Gasteiger charge is 2.03. The third-order valence-corrected chi connectivity index (χ3v) is 2.26. The Labute approximate surface area is 80.8 Å². The molecule has 0 amide bonds. The van der Waals surface area contributed by atoms with Crippen LogP contribution in [0.5, 0.6) is 0 Å². The van der Waals surface area contributed by atoms with Crippen molar-refractivity contribution in [3.05, 3.63) is 12.2 Å². The molecule has 0 aromatic carbocycles. The maximum absolute atomic E-state index is 8.69. The van der Waals surface area contributed by atoms with Gasteiger partial charge < -0.3 is 5.11 Å². The lowest BCUT2D eigenvalue weighted by Gasteiger charge is -1.98. The van der Waals surface area contributed by atoms with Crippen LogP contribution in [0.25, 0.3) is 0 Å². The summed E-state index contributed by atoms with van der Waals surface area (Å²) in [6.45, 7) is 2.48. The lowest BCUT2D eigenvalue weighted by Crippen LogP contribution is -2.05. The first-order valence-electron chi connectivity index (χ1n) is 3.99. The highest BCUT2D eigenvalue weighted by atomic mass is 32.2. The lowest BCUT2D eigenvalue weighted by molar-refractivity contribution is 0.262. The Balaban J connectivity index is 2.49. The third kappa shape index (κ3) is 3.16. The van der Waals surface area contributed by atoms with Crippen LogP contribution in [0, 0.1) is 0 Å². The van der Waals surface area contributed by atoms with Crippen LogP contribution in [0.15, 0.2) is 17.3 Å². The Morgan fingerprint density at radius 2 is 2.46 bits per heavy atom. The molecule has 0 spiro atoms. The van der Waals surface area contributed by atoms with Gasteiger partial charge in [0.15, 0.2) is 0 Å². The number of aliphatic hydroxyl groups excluding tert-OH is 1. The minimum Gasteiger partial charge on any atom is -0.394 e. The maximum atomic E-state index is 8.69. The van der Waals surface area contributed by atoms with Gasteiger partial charge in [0.05, 0.1) is 13.2 Å². The van der Waals surface area contributed by atoms with Crippen molar-refractivity contribution in [2.75, 3.05) is 12.4 Å². The molecule has 0 bridgehead atoms. The van der Waals surface area contributed by atoms with E-state index in [1.165, 1.54) is 0 Å². The number of thioether (sulfide) groups is 1. The van der Waals surface area contributed by atoms with E-state index in [1.54, 1.807) is 16.4 Å². The van der Waals surface area contributed by atoms with Crippen molar-refractivity contribution in [1.29, 1.82) is 0 Å². The number of tetrazole rings is 1. The molecule has 1 rings (SSSR count). The molecule has 0 unspecified atom stereocenters. The second kappa shape index (κ2) is 5.71. The smallest absolute Gasteiger partial charge is 0.209 e. The zero-order chi connectivity index (χ0) is 9.52. The van der Waals surface area contributed by atoms with Crippen LogP contribution in [0.3, 0.4) is 0 Å². The number of hydrogen-bond donors (Lipinski definition) is 1. The fourth-order valence-electron chi connectivity index (χ4n) is 0.754. The molecule has 1 aromatic rings. The summed E-state index contributed by atoms with van der Waals surface area (Å²) in [7, 11) is 0. The van der Waals surface area contributed by atoms with Gasteiger partial charge in [0, 0.05) is 5.75 Å². The molecule has 1 heterocycles. The molecule has 1 N–H and O–H groups in total. The summed E-state index contributed by atoms with van der Waals surface area (Å²) in [6, 6.07) is 0. The molecule has 0 atom stereocenters. The average Bonchev–Trinajstić information content (AvgIpc) is 2.54. The molecule has 5 nitrogen and oxygen atoms in total. The maximum Gasteiger partial charge on any atom is 0.209 e. The van der Waals surface area contributed by atoms with E-state index in [9.17, 15) is 0 Å². The van der Waals surface area contributed by atoms with Crippen molar-refractivity contribution in [2.45, 2.75) is 18.6 Å². The van der Waals surface area contributed by atoms with Crippen LogP contribution in [0.2, 0.25) is 0 Å². The number of aromatic nitrogens is 4. The molecule has 1 aromatic heterocycles. The quantitative estimate of drug-likeness (QED) is 0.548. The lowest BCUT2D eigenvalue weighted by atomic mass is 10.6. The highest BCUT2D eigenvalue weighted by molar-refractivity contribution is 7.99. The van der Waals surface area contributed by atoms with Gasteiger partial charge in [-0.3, -0.25) is 0 Å². The van der Waals surface area contributed by atoms with Crippen molar-refractivity contribution in [3.8, 4) is 0 Å². The van der Waals surface area contributed by atoms with Gasteiger partial charge in [-0.1, -0.05) is 23.9 Å². The Morgan fingerprint density at radius 1 is 1.62 bits per heavy atom. The number of rotatable bonds is 5. The predicted molar refractivity (Wildman–Crippen MR) is 50.4 cm³/mol. The minimum atomic E-state index is 0.0578. The standard InChI is InChI=1S/C7H12N4OS/c1-2-3-6-13-7-8-9-10-11(7)4-5-12/h2-3,12H,4-6H2,1H3. The van der Waals surface area contributed by atoms with Gasteiger partial charge in [-0.2, -0.15) is 0 Å². The van der Waals surface area contributed by atoms with Crippen molar-refractivity contribution in [3.63, 3.8) is 0 Å². The van der Waals surface area contributed by atoms with Gasteiger partial charge >= 0.3 is 0 Å². The number of nitrogens with zero attached hydrogens (tertiary/aromatic N) is 4. The largest absolute Gasteiger partial charge is 0.394 e. The monoisotopic (exact) mass is 200 g/mol. The molecule has 0 fully saturated rings. The molecule has 6 heteroatoms. The van der Waals surface area contributed by atoms with E-state index in [2.05, 4.69) is 15.5 Å². The Hall–Kier alpha value is -0.880. The average molecular weight is 200 g/mol. The molecular weight excluding hydrogens is 188 g/mol. The van der Waals surface area contributed by atoms with Crippen LogP contribution >= 0.6 is 11.8 Å². The first-order valence-corrected chi connectivity index (χ1v) is 4.98. The molecule has 0 radical (unpaired) electrons. The van der Waals surface area contributed by atoms with Crippen molar-refractivity contribution in [1.82, 2.24) is 20.2 Å². The van der Waals surface area contributed by atoms with Crippen molar-refractivity contribution >= 4 is 11.8 Å². The highest BCUT2D eigenvalue weighted by Crippen LogP contribution is 2.12. The van der Waals surface area contributed by atoms with Crippen LogP contribution in [-0.2, 0) is 6.54 Å². The summed E-state index contributed by atoms with van der Waals surface area (Å²) in [5.74, 6) is 0.850. The zero-order valence-electron chi connectivity index (χ0n) is 7.42. The number of aliphatic hydroxyl groups is 1. The molecule has 0 aliphatic carbocycles. The van der Waals surface area contributed by atoms with E-state index in [0.717, 1.165) is 10.9 Å². The van der Waals surface area contributed by atoms with E-state index in [4.69, 9.17) is 5.11 Å². The third-order valence-electron chi connectivity index (χ3n) is 1.36. The van der Waals surface area contributed by atoms with E-state index in [-0.39, 0.29) is 6.61 Å². The molecule has 72 valence electrons. The van der Waals surface area contributed by atoms with Crippen LogP contribution < -0.4 is 0 Å². The molecule has 0 saturated carbocycles. The second-order valence-corrected chi connectivity index (χ2v) is 3.28. The van der Waals surface area contributed by atoms with E-state index >= 15 is 0 Å². The van der Waals surface area contributed by atoms with E-state index < -0.39 is 0 Å². The minimum absolute atomic E-state index is 0.0578. The van der Waals surface area contributed by atoms with E-state index in [0.29, 0.717) is 6.54 Å². The molecular formula is C7H12N4OS. The van der Waals surface area contributed by atoms with Gasteiger partial charge in [-0.05, 0) is 17.4 Å². The normalized spacial score (nSPS) is 11.2. The topological polar surface area (TPSA) is 63.8 Å². The first kappa shape index (κ1) is 10.2. The summed E-state index contributed by atoms with van der Waals surface area (Å²) >= 11 is 1.55. The molecule has 0 saturated heterocycles. The predicted octanol–water partition coefficient (Wildman–Crippen LogP) is 0.334. The fourth-order valence-corrected chi connectivity index (χ4v) is 1.56. The molecule has 0 aliphatic heterocycles. The Morgan fingerprint density at radius 3 is 3.15 bits per heavy atom. The van der Waals surface area contributed by atoms with Gasteiger partial charge in [-0.25, -0.2) is 4.68 Å². The van der Waals surface area contributed by atoms with Crippen LogP contribution in [-0.4, -0.2) is 37.7 Å². The van der Waals surface area contributed by atoms with Gasteiger partial charge in [0.1, 0.15) is 0 Å². The summed E-state index contributed by atoms with van der Waals surface area (Å²) < 4.78 is 1.59. The van der Waals surface area contributed by atoms with Crippen molar-refractivity contribution < 1.29 is 5.11 Å².